The summed E-state index contributed by atoms with van der Waals surface area (Å²) >= 11 is 0. The highest BCUT2D eigenvalue weighted by atomic mass is 16.4. The van der Waals surface area contributed by atoms with Gasteiger partial charge in [-0.3, -0.25) is 9.58 Å². The van der Waals surface area contributed by atoms with Crippen LogP contribution in [0, 0.1) is 0 Å². The third-order valence-corrected chi connectivity index (χ3v) is 2.56. The first kappa shape index (κ1) is 10.0. The zero-order valence-corrected chi connectivity index (χ0v) is 9.19. The monoisotopic (exact) mass is 209 g/mol. The Morgan fingerprint density at radius 3 is 2.67 bits per heavy atom. The van der Waals surface area contributed by atoms with Crippen molar-refractivity contribution in [1.29, 1.82) is 0 Å². The maximum atomic E-state index is 10.8. The van der Waals surface area contributed by atoms with Crippen molar-refractivity contribution in [1.82, 2.24) is 14.7 Å². The van der Waals surface area contributed by atoms with Crippen LogP contribution in [0.3, 0.4) is 0 Å². The smallest absolute Gasteiger partial charge is 0.407 e. The molecule has 0 spiro atoms. The second kappa shape index (κ2) is 2.98. The minimum atomic E-state index is -0.869. The fraction of sp³-hybridized carbons (Fsp3) is 0.600. The summed E-state index contributed by atoms with van der Waals surface area (Å²) in [6.45, 7) is 7.08. The topological polar surface area (TPSA) is 58.4 Å². The molecule has 1 amide bonds. The first-order chi connectivity index (χ1) is 6.89. The zero-order chi connectivity index (χ0) is 11.2. The van der Waals surface area contributed by atoms with E-state index < -0.39 is 6.09 Å². The Morgan fingerprint density at radius 1 is 1.47 bits per heavy atom. The zero-order valence-electron chi connectivity index (χ0n) is 9.19. The summed E-state index contributed by atoms with van der Waals surface area (Å²) in [5, 5.41) is 13.2. The number of fused-ring (bicyclic) bond motifs is 1. The summed E-state index contributed by atoms with van der Waals surface area (Å²) in [5.74, 6) is 0. The fourth-order valence-electron chi connectivity index (χ4n) is 1.86. The van der Waals surface area contributed by atoms with E-state index in [0.717, 1.165) is 11.3 Å². The molecule has 2 rings (SSSR count). The van der Waals surface area contributed by atoms with E-state index in [1.807, 2.05) is 4.68 Å². The number of hydrogen-bond donors (Lipinski definition) is 1. The van der Waals surface area contributed by atoms with Crippen LogP contribution >= 0.6 is 0 Å². The lowest BCUT2D eigenvalue weighted by atomic mass is 10.1. The number of hydrogen-bond acceptors (Lipinski definition) is 2. The van der Waals surface area contributed by atoms with E-state index in [9.17, 15) is 4.79 Å². The molecule has 0 fully saturated rings. The van der Waals surface area contributed by atoms with Gasteiger partial charge < -0.3 is 5.11 Å². The highest BCUT2D eigenvalue weighted by molar-refractivity contribution is 5.66. The Balaban J connectivity index is 2.33. The highest BCUT2D eigenvalue weighted by Crippen LogP contribution is 2.26. The Bertz CT molecular complexity index is 403. The van der Waals surface area contributed by atoms with Crippen molar-refractivity contribution in [3.05, 3.63) is 17.5 Å². The van der Waals surface area contributed by atoms with E-state index in [-0.39, 0.29) is 5.54 Å². The van der Waals surface area contributed by atoms with Gasteiger partial charge in [0.15, 0.2) is 0 Å². The van der Waals surface area contributed by atoms with Crippen LogP contribution in [0.25, 0.3) is 0 Å². The number of rotatable bonds is 0. The standard InChI is InChI=1S/C10H15N3O2/c1-10(2,3)13-8-6-12(9(14)15)5-7(8)4-11-13/h4H,5-6H2,1-3H3,(H,14,15). The summed E-state index contributed by atoms with van der Waals surface area (Å²) in [6, 6.07) is 0. The van der Waals surface area contributed by atoms with Gasteiger partial charge in [0.25, 0.3) is 0 Å². The lowest BCUT2D eigenvalue weighted by Gasteiger charge is -2.22. The quantitative estimate of drug-likeness (QED) is 0.706. The molecule has 2 heterocycles. The summed E-state index contributed by atoms with van der Waals surface area (Å²) in [7, 11) is 0. The van der Waals surface area contributed by atoms with Crippen LogP contribution < -0.4 is 0 Å². The Morgan fingerprint density at radius 2 is 2.13 bits per heavy atom. The van der Waals surface area contributed by atoms with Crippen molar-refractivity contribution < 1.29 is 9.90 Å². The molecular formula is C10H15N3O2. The van der Waals surface area contributed by atoms with Gasteiger partial charge in [0, 0.05) is 5.56 Å². The molecule has 0 radical (unpaired) electrons. The Kier molecular flexibility index (Phi) is 1.99. The number of carbonyl (C=O) groups is 1. The lowest BCUT2D eigenvalue weighted by Crippen LogP contribution is -2.28. The van der Waals surface area contributed by atoms with Crippen LogP contribution in [0.15, 0.2) is 6.20 Å². The third kappa shape index (κ3) is 1.58. The van der Waals surface area contributed by atoms with Crippen LogP contribution in [0.1, 0.15) is 32.0 Å². The molecule has 5 nitrogen and oxygen atoms in total. The Labute approximate surface area is 88.3 Å². The van der Waals surface area contributed by atoms with Crippen LogP contribution in [-0.4, -0.2) is 25.9 Å². The lowest BCUT2D eigenvalue weighted by molar-refractivity contribution is 0.143. The van der Waals surface area contributed by atoms with Gasteiger partial charge in [-0.05, 0) is 20.8 Å². The Hall–Kier alpha value is -1.52. The van der Waals surface area contributed by atoms with Gasteiger partial charge in [0.1, 0.15) is 0 Å². The summed E-state index contributed by atoms with van der Waals surface area (Å²) < 4.78 is 1.91. The number of aromatic nitrogens is 2. The number of nitrogens with zero attached hydrogens (tertiary/aromatic N) is 3. The molecule has 15 heavy (non-hydrogen) atoms. The van der Waals surface area contributed by atoms with Crippen LogP contribution in [0.4, 0.5) is 4.79 Å². The van der Waals surface area contributed by atoms with E-state index in [1.165, 1.54) is 4.90 Å². The summed E-state index contributed by atoms with van der Waals surface area (Å²) in [5.41, 5.74) is 1.94. The number of carboxylic acid groups (broad SMARTS) is 1. The van der Waals surface area contributed by atoms with Gasteiger partial charge >= 0.3 is 6.09 Å². The molecule has 0 aliphatic carbocycles. The van der Waals surface area contributed by atoms with Gasteiger partial charge in [-0.25, -0.2) is 4.79 Å². The van der Waals surface area contributed by atoms with Crippen molar-refractivity contribution in [3.8, 4) is 0 Å². The van der Waals surface area contributed by atoms with Crippen LogP contribution in [0.2, 0.25) is 0 Å². The highest BCUT2D eigenvalue weighted by Gasteiger charge is 2.29. The molecule has 5 heteroatoms. The van der Waals surface area contributed by atoms with Gasteiger partial charge in [0.2, 0.25) is 0 Å². The molecular weight excluding hydrogens is 194 g/mol. The second-order valence-electron chi connectivity index (χ2n) is 4.84. The van der Waals surface area contributed by atoms with Crippen molar-refractivity contribution >= 4 is 6.09 Å². The van der Waals surface area contributed by atoms with E-state index in [0.29, 0.717) is 13.1 Å². The third-order valence-electron chi connectivity index (χ3n) is 2.56. The first-order valence-corrected chi connectivity index (χ1v) is 4.93. The van der Waals surface area contributed by atoms with E-state index >= 15 is 0 Å². The molecule has 1 aromatic rings. The molecule has 1 aliphatic heterocycles. The molecule has 1 N–H and O–H groups in total. The fourth-order valence-corrected chi connectivity index (χ4v) is 1.86. The largest absolute Gasteiger partial charge is 0.465 e. The maximum Gasteiger partial charge on any atom is 0.407 e. The molecule has 0 unspecified atom stereocenters. The van der Waals surface area contributed by atoms with Crippen molar-refractivity contribution in [3.63, 3.8) is 0 Å². The van der Waals surface area contributed by atoms with E-state index in [2.05, 4.69) is 25.9 Å². The SMILES string of the molecule is CC(C)(C)n1ncc2c1CN(C(=O)O)C2. The maximum absolute atomic E-state index is 10.8. The van der Waals surface area contributed by atoms with Crippen LogP contribution in [0.5, 0.6) is 0 Å². The van der Waals surface area contributed by atoms with Gasteiger partial charge in [0.05, 0.1) is 30.5 Å². The van der Waals surface area contributed by atoms with Gasteiger partial charge in [-0.1, -0.05) is 0 Å². The average molecular weight is 209 g/mol. The second-order valence-corrected chi connectivity index (χ2v) is 4.84. The average Bonchev–Trinajstić information content (AvgIpc) is 2.56. The minimum absolute atomic E-state index is 0.0951. The van der Waals surface area contributed by atoms with Gasteiger partial charge in [-0.15, -0.1) is 0 Å². The first-order valence-electron chi connectivity index (χ1n) is 4.93. The summed E-state index contributed by atoms with van der Waals surface area (Å²) in [6.07, 6.45) is 0.899. The van der Waals surface area contributed by atoms with Gasteiger partial charge in [-0.2, -0.15) is 5.10 Å². The molecule has 0 atom stereocenters. The molecule has 0 saturated carbocycles. The minimum Gasteiger partial charge on any atom is -0.465 e. The predicted octanol–water partition coefficient (Wildman–Crippen LogP) is 1.63. The summed E-state index contributed by atoms with van der Waals surface area (Å²) in [4.78, 5) is 12.2. The molecule has 0 aromatic carbocycles. The van der Waals surface area contributed by atoms with Crippen molar-refractivity contribution in [2.24, 2.45) is 0 Å². The normalized spacial score (nSPS) is 15.5. The molecule has 0 bridgehead atoms. The van der Waals surface area contributed by atoms with Crippen LogP contribution in [-0.2, 0) is 18.6 Å². The van der Waals surface area contributed by atoms with E-state index in [4.69, 9.17) is 5.11 Å². The van der Waals surface area contributed by atoms with Crippen molar-refractivity contribution in [2.75, 3.05) is 0 Å². The molecule has 1 aromatic heterocycles. The van der Waals surface area contributed by atoms with E-state index in [1.54, 1.807) is 6.20 Å². The molecule has 1 aliphatic rings. The molecule has 0 saturated heterocycles. The molecule has 82 valence electrons. The predicted molar refractivity (Wildman–Crippen MR) is 54.5 cm³/mol. The number of amides is 1. The van der Waals surface area contributed by atoms with Crippen molar-refractivity contribution in [2.45, 2.75) is 39.4 Å².